The number of halogens is 1. The largest absolute Gasteiger partial charge is 0.496 e. The minimum absolute atomic E-state index is 0.411. The number of hydrogen-bond acceptors (Lipinski definition) is 2. The summed E-state index contributed by atoms with van der Waals surface area (Å²) in [5.41, 5.74) is 0.703. The maximum atomic E-state index is 5.82. The van der Waals surface area contributed by atoms with Crippen molar-refractivity contribution in [1.82, 2.24) is 0 Å². The van der Waals surface area contributed by atoms with Gasteiger partial charge in [-0.25, -0.2) is 0 Å². The highest BCUT2D eigenvalue weighted by Gasteiger charge is 2.10. The number of methoxy groups -OCH3 is 2. The lowest BCUT2D eigenvalue weighted by Crippen LogP contribution is -1.93. The maximum Gasteiger partial charge on any atom is 0.131 e. The molecule has 0 amide bonds. The number of hydrogen-bond donors (Lipinski definition) is 0. The fraction of sp³-hybridized carbons (Fsp3) is 0.333. The first-order valence-corrected chi connectivity index (χ1v) is 5.14. The van der Waals surface area contributed by atoms with Crippen LogP contribution in [0, 0.1) is 0 Å². The molecule has 1 rings (SSSR count). The highest BCUT2D eigenvalue weighted by molar-refractivity contribution is 6.48. The van der Waals surface area contributed by atoms with Gasteiger partial charge < -0.3 is 9.47 Å². The lowest BCUT2D eigenvalue weighted by Gasteiger charge is -2.10. The third-order valence-electron chi connectivity index (χ3n) is 1.70. The van der Waals surface area contributed by atoms with Crippen LogP contribution in [0.25, 0.3) is 5.03 Å². The Morgan fingerprint density at radius 1 is 1.13 bits per heavy atom. The fourth-order valence-electron chi connectivity index (χ4n) is 1.12. The second-order valence-corrected chi connectivity index (χ2v) is 2.90. The summed E-state index contributed by atoms with van der Waals surface area (Å²) in [5, 5.41) is 0.411. The zero-order valence-electron chi connectivity index (χ0n) is 9.63. The summed E-state index contributed by atoms with van der Waals surface area (Å²) in [6, 6.07) is 5.46. The van der Waals surface area contributed by atoms with Crippen LogP contribution in [-0.4, -0.2) is 14.2 Å². The molecule has 0 atom stereocenters. The van der Waals surface area contributed by atoms with Crippen LogP contribution in [0.2, 0.25) is 0 Å². The lowest BCUT2D eigenvalue weighted by atomic mass is 10.1. The highest BCUT2D eigenvalue weighted by Crippen LogP contribution is 2.35. The molecule has 0 spiro atoms. The van der Waals surface area contributed by atoms with Crippen LogP contribution in [0.1, 0.15) is 19.4 Å². The average molecular weight is 229 g/mol. The Labute approximate surface area is 96.5 Å². The molecule has 0 saturated carbocycles. The number of rotatable bonds is 3. The van der Waals surface area contributed by atoms with Gasteiger partial charge in [-0.05, 0) is 12.1 Å². The molecular formula is C12H17ClO2. The van der Waals surface area contributed by atoms with Gasteiger partial charge in [-0.1, -0.05) is 38.1 Å². The van der Waals surface area contributed by atoms with Crippen LogP contribution >= 0.6 is 11.6 Å². The third-order valence-corrected chi connectivity index (χ3v) is 1.89. The minimum Gasteiger partial charge on any atom is -0.496 e. The fourth-order valence-corrected chi connectivity index (χ4v) is 1.30. The first kappa shape index (κ1) is 13.8. The summed E-state index contributed by atoms with van der Waals surface area (Å²) < 4.78 is 10.2. The predicted octanol–water partition coefficient (Wildman–Crippen LogP) is 3.94. The number of benzene rings is 1. The van der Waals surface area contributed by atoms with Crippen LogP contribution in [0.5, 0.6) is 11.5 Å². The van der Waals surface area contributed by atoms with E-state index in [9.17, 15) is 0 Å². The highest BCUT2D eigenvalue weighted by atomic mass is 35.5. The molecule has 0 radical (unpaired) electrons. The van der Waals surface area contributed by atoms with Crippen LogP contribution in [0.15, 0.2) is 24.8 Å². The van der Waals surface area contributed by atoms with E-state index in [1.165, 1.54) is 0 Å². The van der Waals surface area contributed by atoms with Crippen LogP contribution in [0.4, 0.5) is 0 Å². The molecule has 0 fully saturated rings. The van der Waals surface area contributed by atoms with Gasteiger partial charge in [0.1, 0.15) is 11.5 Å². The van der Waals surface area contributed by atoms with E-state index in [4.69, 9.17) is 21.1 Å². The molecule has 0 aliphatic rings. The standard InChI is InChI=1S/C10H11ClO2.C2H6/c1-7(11)10-8(12-2)5-4-6-9(10)13-3;1-2/h4-6H,1H2,2-3H3;1-2H3. The van der Waals surface area contributed by atoms with Crippen molar-refractivity contribution in [1.29, 1.82) is 0 Å². The summed E-state index contributed by atoms with van der Waals surface area (Å²) in [6.07, 6.45) is 0. The quantitative estimate of drug-likeness (QED) is 0.780. The van der Waals surface area contributed by atoms with E-state index in [-0.39, 0.29) is 0 Å². The Morgan fingerprint density at radius 2 is 1.53 bits per heavy atom. The Bertz CT molecular complexity index is 299. The number of ether oxygens (including phenoxy) is 2. The molecule has 0 bridgehead atoms. The molecule has 1 aromatic carbocycles. The lowest BCUT2D eigenvalue weighted by molar-refractivity contribution is 0.392. The van der Waals surface area contributed by atoms with Crippen molar-refractivity contribution < 1.29 is 9.47 Å². The van der Waals surface area contributed by atoms with Gasteiger partial charge in [0.25, 0.3) is 0 Å². The van der Waals surface area contributed by atoms with Crippen LogP contribution < -0.4 is 9.47 Å². The molecular weight excluding hydrogens is 212 g/mol. The smallest absolute Gasteiger partial charge is 0.131 e. The van der Waals surface area contributed by atoms with E-state index >= 15 is 0 Å². The predicted molar refractivity (Wildman–Crippen MR) is 65.8 cm³/mol. The Kier molecular flexibility index (Phi) is 6.63. The van der Waals surface area contributed by atoms with Crippen molar-refractivity contribution in [3.8, 4) is 11.5 Å². The first-order valence-electron chi connectivity index (χ1n) is 4.76. The summed E-state index contributed by atoms with van der Waals surface area (Å²) in [6.45, 7) is 7.65. The SMILES string of the molecule is C=C(Cl)c1c(OC)cccc1OC.CC. The Hall–Kier alpha value is -1.15. The molecule has 15 heavy (non-hydrogen) atoms. The van der Waals surface area contributed by atoms with Crippen LogP contribution in [0.3, 0.4) is 0 Å². The molecule has 0 N–H and O–H groups in total. The van der Waals surface area contributed by atoms with Gasteiger partial charge in [-0.2, -0.15) is 0 Å². The van der Waals surface area contributed by atoms with Crippen molar-refractivity contribution in [2.24, 2.45) is 0 Å². The summed E-state index contributed by atoms with van der Waals surface area (Å²) in [7, 11) is 3.16. The van der Waals surface area contributed by atoms with Crippen molar-refractivity contribution in [3.05, 3.63) is 30.3 Å². The van der Waals surface area contributed by atoms with Crippen molar-refractivity contribution in [3.63, 3.8) is 0 Å². The average Bonchev–Trinajstić information content (AvgIpc) is 2.30. The summed E-state index contributed by atoms with van der Waals surface area (Å²) in [5.74, 6) is 1.33. The Morgan fingerprint density at radius 3 is 1.80 bits per heavy atom. The molecule has 0 aliphatic carbocycles. The normalized spacial score (nSPS) is 8.60. The minimum atomic E-state index is 0.411. The second-order valence-electron chi connectivity index (χ2n) is 2.44. The molecule has 2 nitrogen and oxygen atoms in total. The molecule has 84 valence electrons. The van der Waals surface area contributed by atoms with Gasteiger partial charge in [0.2, 0.25) is 0 Å². The van der Waals surface area contributed by atoms with Crippen LogP contribution in [-0.2, 0) is 0 Å². The van der Waals surface area contributed by atoms with Gasteiger partial charge in [0.05, 0.1) is 19.8 Å². The summed E-state index contributed by atoms with van der Waals surface area (Å²) >= 11 is 5.82. The molecule has 0 aromatic heterocycles. The van der Waals surface area contributed by atoms with E-state index in [2.05, 4.69) is 6.58 Å². The van der Waals surface area contributed by atoms with Crippen molar-refractivity contribution in [2.75, 3.05) is 14.2 Å². The summed E-state index contributed by atoms with van der Waals surface area (Å²) in [4.78, 5) is 0. The van der Waals surface area contributed by atoms with Crippen molar-refractivity contribution >= 4 is 16.6 Å². The molecule has 0 saturated heterocycles. The zero-order chi connectivity index (χ0) is 11.8. The van der Waals surface area contributed by atoms with Gasteiger partial charge in [0.15, 0.2) is 0 Å². The topological polar surface area (TPSA) is 18.5 Å². The monoisotopic (exact) mass is 228 g/mol. The third kappa shape index (κ3) is 3.48. The van der Waals surface area contributed by atoms with Gasteiger partial charge in [-0.15, -0.1) is 0 Å². The first-order chi connectivity index (χ1) is 7.20. The van der Waals surface area contributed by atoms with Crippen molar-refractivity contribution in [2.45, 2.75) is 13.8 Å². The van der Waals surface area contributed by atoms with E-state index in [0.29, 0.717) is 22.1 Å². The Balaban J connectivity index is 0.000000921. The van der Waals surface area contributed by atoms with Gasteiger partial charge in [-0.3, -0.25) is 0 Å². The molecule has 3 heteroatoms. The van der Waals surface area contributed by atoms with E-state index in [0.717, 1.165) is 0 Å². The van der Waals surface area contributed by atoms with E-state index < -0.39 is 0 Å². The van der Waals surface area contributed by atoms with E-state index in [1.807, 2.05) is 32.0 Å². The molecule has 0 aliphatic heterocycles. The van der Waals surface area contributed by atoms with E-state index in [1.54, 1.807) is 14.2 Å². The maximum absolute atomic E-state index is 5.82. The zero-order valence-corrected chi connectivity index (χ0v) is 10.4. The molecule has 0 unspecified atom stereocenters. The van der Waals surface area contributed by atoms with Gasteiger partial charge >= 0.3 is 0 Å². The van der Waals surface area contributed by atoms with Gasteiger partial charge in [0, 0.05) is 5.03 Å². The molecule has 0 heterocycles. The molecule has 1 aromatic rings. The second kappa shape index (κ2) is 7.18.